The zero-order valence-electron chi connectivity index (χ0n) is 12.3. The SMILES string of the molecule is CS(=O)CC(O)(c1ccccc1)c1ccc2ccccc2n1. The molecule has 2 aromatic carbocycles. The summed E-state index contributed by atoms with van der Waals surface area (Å²) in [7, 11) is -1.16. The van der Waals surface area contributed by atoms with Gasteiger partial charge in [0.15, 0.2) is 0 Å². The number of benzene rings is 2. The van der Waals surface area contributed by atoms with E-state index in [4.69, 9.17) is 0 Å². The van der Waals surface area contributed by atoms with Gasteiger partial charge in [0, 0.05) is 22.4 Å². The normalized spacial score (nSPS) is 15.4. The van der Waals surface area contributed by atoms with Crippen molar-refractivity contribution in [3.05, 3.63) is 78.0 Å². The molecule has 0 radical (unpaired) electrons. The van der Waals surface area contributed by atoms with Crippen LogP contribution in [-0.2, 0) is 16.4 Å². The summed E-state index contributed by atoms with van der Waals surface area (Å²) in [6.07, 6.45) is 1.59. The van der Waals surface area contributed by atoms with Crippen molar-refractivity contribution in [3.8, 4) is 0 Å². The van der Waals surface area contributed by atoms with Crippen LogP contribution in [0.4, 0.5) is 0 Å². The largest absolute Gasteiger partial charge is 0.378 e. The molecule has 0 saturated heterocycles. The standard InChI is InChI=1S/C18H17NO2S/c1-22(21)13-18(20,15-8-3-2-4-9-15)17-12-11-14-7-5-6-10-16(14)19-17/h2-12,20H,13H2,1H3. The van der Waals surface area contributed by atoms with E-state index >= 15 is 0 Å². The van der Waals surface area contributed by atoms with Gasteiger partial charge in [0.25, 0.3) is 0 Å². The van der Waals surface area contributed by atoms with Gasteiger partial charge < -0.3 is 5.11 Å². The summed E-state index contributed by atoms with van der Waals surface area (Å²) in [4.78, 5) is 4.59. The number of fused-ring (bicyclic) bond motifs is 1. The lowest BCUT2D eigenvalue weighted by Gasteiger charge is -2.27. The Kier molecular flexibility index (Phi) is 4.05. The predicted molar refractivity (Wildman–Crippen MR) is 90.1 cm³/mol. The average molecular weight is 311 g/mol. The number of pyridine rings is 1. The minimum Gasteiger partial charge on any atom is -0.378 e. The van der Waals surface area contributed by atoms with E-state index < -0.39 is 16.4 Å². The van der Waals surface area contributed by atoms with Crippen LogP contribution in [0.3, 0.4) is 0 Å². The van der Waals surface area contributed by atoms with Crippen molar-refractivity contribution in [3.63, 3.8) is 0 Å². The Morgan fingerprint density at radius 1 is 1.00 bits per heavy atom. The van der Waals surface area contributed by atoms with Crippen molar-refractivity contribution in [1.82, 2.24) is 4.98 Å². The first-order valence-electron chi connectivity index (χ1n) is 7.04. The second-order valence-corrected chi connectivity index (χ2v) is 6.77. The summed E-state index contributed by atoms with van der Waals surface area (Å²) in [6, 6.07) is 20.8. The molecule has 0 spiro atoms. The maximum atomic E-state index is 11.8. The van der Waals surface area contributed by atoms with Crippen LogP contribution in [0.25, 0.3) is 10.9 Å². The van der Waals surface area contributed by atoms with E-state index in [0.29, 0.717) is 11.3 Å². The van der Waals surface area contributed by atoms with Crippen LogP contribution >= 0.6 is 0 Å². The highest BCUT2D eigenvalue weighted by molar-refractivity contribution is 7.84. The second-order valence-electron chi connectivity index (χ2n) is 5.33. The molecule has 1 heterocycles. The lowest BCUT2D eigenvalue weighted by Crippen LogP contribution is -2.34. The number of hydrogen-bond donors (Lipinski definition) is 1. The van der Waals surface area contributed by atoms with E-state index in [1.807, 2.05) is 66.7 Å². The van der Waals surface area contributed by atoms with Crippen molar-refractivity contribution in [2.24, 2.45) is 0 Å². The Morgan fingerprint density at radius 2 is 1.68 bits per heavy atom. The van der Waals surface area contributed by atoms with Gasteiger partial charge in [0.1, 0.15) is 5.60 Å². The first-order chi connectivity index (χ1) is 10.6. The lowest BCUT2D eigenvalue weighted by atomic mass is 9.91. The second kappa shape index (κ2) is 5.99. The van der Waals surface area contributed by atoms with Gasteiger partial charge in [0.2, 0.25) is 0 Å². The van der Waals surface area contributed by atoms with Crippen LogP contribution in [0.1, 0.15) is 11.3 Å². The van der Waals surface area contributed by atoms with Crippen LogP contribution in [-0.4, -0.2) is 26.3 Å². The minimum absolute atomic E-state index is 0.113. The fraction of sp³-hybridized carbons (Fsp3) is 0.167. The molecule has 2 atom stereocenters. The summed E-state index contributed by atoms with van der Waals surface area (Å²) in [5.74, 6) is 0.113. The molecule has 4 heteroatoms. The molecule has 0 saturated carbocycles. The molecule has 0 fully saturated rings. The third-order valence-electron chi connectivity index (χ3n) is 3.69. The maximum Gasteiger partial charge on any atom is 0.143 e. The topological polar surface area (TPSA) is 50.2 Å². The number of nitrogens with zero attached hydrogens (tertiary/aromatic N) is 1. The molecule has 0 aliphatic heterocycles. The van der Waals surface area contributed by atoms with Gasteiger partial charge in [-0.1, -0.05) is 54.6 Å². The van der Waals surface area contributed by atoms with Crippen molar-refractivity contribution in [2.45, 2.75) is 5.60 Å². The van der Waals surface area contributed by atoms with Crippen LogP contribution < -0.4 is 0 Å². The fourth-order valence-electron chi connectivity index (χ4n) is 2.61. The Morgan fingerprint density at radius 3 is 2.41 bits per heavy atom. The van der Waals surface area contributed by atoms with Gasteiger partial charge >= 0.3 is 0 Å². The number of rotatable bonds is 4. The smallest absolute Gasteiger partial charge is 0.143 e. The highest BCUT2D eigenvalue weighted by Crippen LogP contribution is 2.30. The molecule has 3 nitrogen and oxygen atoms in total. The van der Waals surface area contributed by atoms with Crippen molar-refractivity contribution < 1.29 is 9.32 Å². The third kappa shape index (κ3) is 2.80. The van der Waals surface area contributed by atoms with Gasteiger partial charge in [-0.05, 0) is 17.7 Å². The molecule has 2 unspecified atom stereocenters. The van der Waals surface area contributed by atoms with Crippen LogP contribution in [0.5, 0.6) is 0 Å². The number of para-hydroxylation sites is 1. The molecule has 3 aromatic rings. The van der Waals surface area contributed by atoms with Gasteiger partial charge in [0.05, 0.1) is 17.0 Å². The minimum atomic E-state index is -1.36. The summed E-state index contributed by atoms with van der Waals surface area (Å²) in [5, 5.41) is 12.2. The number of aromatic nitrogens is 1. The summed E-state index contributed by atoms with van der Waals surface area (Å²) >= 11 is 0. The summed E-state index contributed by atoms with van der Waals surface area (Å²) < 4.78 is 11.8. The molecule has 0 aliphatic rings. The van der Waals surface area contributed by atoms with Crippen molar-refractivity contribution in [2.75, 3.05) is 12.0 Å². The van der Waals surface area contributed by atoms with Crippen LogP contribution in [0, 0.1) is 0 Å². The molecule has 0 aliphatic carbocycles. The first kappa shape index (κ1) is 14.9. The first-order valence-corrected chi connectivity index (χ1v) is 8.76. The molecule has 3 rings (SSSR count). The van der Waals surface area contributed by atoms with Crippen molar-refractivity contribution in [1.29, 1.82) is 0 Å². The Labute approximate surface area is 132 Å². The Balaban J connectivity index is 2.17. The van der Waals surface area contributed by atoms with Gasteiger partial charge in [-0.15, -0.1) is 0 Å². The summed E-state index contributed by atoms with van der Waals surface area (Å²) in [5.41, 5.74) is 0.682. The number of hydrogen-bond acceptors (Lipinski definition) is 3. The summed E-state index contributed by atoms with van der Waals surface area (Å²) in [6.45, 7) is 0. The molecular weight excluding hydrogens is 294 g/mol. The van der Waals surface area contributed by atoms with E-state index in [1.54, 1.807) is 6.26 Å². The van der Waals surface area contributed by atoms with Gasteiger partial charge in [-0.25, -0.2) is 4.98 Å². The quantitative estimate of drug-likeness (QED) is 0.806. The highest BCUT2D eigenvalue weighted by atomic mass is 32.2. The van der Waals surface area contributed by atoms with E-state index in [9.17, 15) is 9.32 Å². The Hall–Kier alpha value is -2.04. The van der Waals surface area contributed by atoms with E-state index in [0.717, 1.165) is 10.9 Å². The van der Waals surface area contributed by atoms with Crippen LogP contribution in [0.2, 0.25) is 0 Å². The zero-order chi connectivity index (χ0) is 15.6. The molecule has 0 bridgehead atoms. The fourth-order valence-corrected chi connectivity index (χ4v) is 3.51. The molecule has 0 amide bonds. The Bertz CT molecular complexity index is 819. The van der Waals surface area contributed by atoms with Gasteiger partial charge in [-0.3, -0.25) is 4.21 Å². The number of aliphatic hydroxyl groups is 1. The predicted octanol–water partition coefficient (Wildman–Crippen LogP) is 2.85. The van der Waals surface area contributed by atoms with Crippen molar-refractivity contribution >= 4 is 21.7 Å². The maximum absolute atomic E-state index is 11.8. The molecule has 1 N–H and O–H groups in total. The molecule has 22 heavy (non-hydrogen) atoms. The molecule has 1 aromatic heterocycles. The zero-order valence-corrected chi connectivity index (χ0v) is 13.1. The molecule has 112 valence electrons. The molecular formula is C18H17NO2S. The van der Waals surface area contributed by atoms with E-state index in [-0.39, 0.29) is 5.75 Å². The average Bonchev–Trinajstić information content (AvgIpc) is 2.54. The third-order valence-corrected chi connectivity index (χ3v) is 4.51. The monoisotopic (exact) mass is 311 g/mol. The lowest BCUT2D eigenvalue weighted by molar-refractivity contribution is 0.102. The van der Waals surface area contributed by atoms with Crippen LogP contribution in [0.15, 0.2) is 66.7 Å². The van der Waals surface area contributed by atoms with E-state index in [2.05, 4.69) is 4.98 Å². The van der Waals surface area contributed by atoms with E-state index in [1.165, 1.54) is 0 Å². The highest BCUT2D eigenvalue weighted by Gasteiger charge is 2.34. The van der Waals surface area contributed by atoms with Gasteiger partial charge in [-0.2, -0.15) is 0 Å².